The van der Waals surface area contributed by atoms with Crippen molar-refractivity contribution in [1.82, 2.24) is 15.1 Å². The number of aromatic nitrogens is 2. The highest BCUT2D eigenvalue weighted by molar-refractivity contribution is 5.90. The summed E-state index contributed by atoms with van der Waals surface area (Å²) in [7, 11) is 2.96. The normalized spacial score (nSPS) is 11.7. The Morgan fingerprint density at radius 1 is 1.09 bits per heavy atom. The van der Waals surface area contributed by atoms with Gasteiger partial charge >= 0.3 is 12.1 Å². The lowest BCUT2D eigenvalue weighted by molar-refractivity contribution is 0.0588. The number of carbonyl (C=O) groups is 2. The van der Waals surface area contributed by atoms with E-state index in [0.29, 0.717) is 24.2 Å². The van der Waals surface area contributed by atoms with Gasteiger partial charge in [-0.3, -0.25) is 4.68 Å². The number of carbonyl (C=O) groups excluding carboxylic acids is 2. The van der Waals surface area contributed by atoms with Crippen LogP contribution in [0.15, 0.2) is 54.7 Å². The summed E-state index contributed by atoms with van der Waals surface area (Å²) in [5.41, 5.74) is 5.50. The van der Waals surface area contributed by atoms with Gasteiger partial charge < -0.3 is 14.8 Å². The van der Waals surface area contributed by atoms with Crippen molar-refractivity contribution >= 4 is 12.1 Å². The molecule has 1 heterocycles. The first-order chi connectivity index (χ1) is 15.6. The van der Waals surface area contributed by atoms with E-state index in [1.54, 1.807) is 7.05 Å². The minimum Gasteiger partial charge on any atom is -0.464 e. The molecular formula is C25H23N3O4. The molecule has 0 saturated carbocycles. The molecule has 0 bridgehead atoms. The molecule has 1 amide bonds. The molecule has 1 aromatic heterocycles. The van der Waals surface area contributed by atoms with Gasteiger partial charge in [-0.15, -0.1) is 0 Å². The van der Waals surface area contributed by atoms with Crippen LogP contribution in [0, 0.1) is 11.8 Å². The molecule has 0 radical (unpaired) electrons. The number of fused-ring (bicyclic) bond motifs is 3. The molecule has 3 aromatic rings. The van der Waals surface area contributed by atoms with E-state index in [-0.39, 0.29) is 12.5 Å². The maximum atomic E-state index is 12.2. The Morgan fingerprint density at radius 2 is 1.75 bits per heavy atom. The molecule has 7 heteroatoms. The quantitative estimate of drug-likeness (QED) is 0.381. The first-order valence-electron chi connectivity index (χ1n) is 10.3. The van der Waals surface area contributed by atoms with Crippen molar-refractivity contribution in [3.8, 4) is 23.0 Å². The van der Waals surface area contributed by atoms with Crippen molar-refractivity contribution < 1.29 is 19.1 Å². The molecule has 7 nitrogen and oxygen atoms in total. The molecule has 2 aromatic carbocycles. The number of rotatable bonds is 5. The summed E-state index contributed by atoms with van der Waals surface area (Å²) in [5, 5.41) is 6.75. The highest BCUT2D eigenvalue weighted by atomic mass is 16.5. The zero-order valence-electron chi connectivity index (χ0n) is 17.9. The Morgan fingerprint density at radius 3 is 2.41 bits per heavy atom. The summed E-state index contributed by atoms with van der Waals surface area (Å²) in [5.74, 6) is 5.36. The number of alkyl carbamates (subject to hydrolysis) is 1. The second-order valence-electron chi connectivity index (χ2n) is 7.33. The van der Waals surface area contributed by atoms with Crippen molar-refractivity contribution in [1.29, 1.82) is 0 Å². The van der Waals surface area contributed by atoms with Gasteiger partial charge in [0.2, 0.25) is 0 Å². The Labute approximate surface area is 186 Å². The zero-order valence-corrected chi connectivity index (χ0v) is 17.9. The number of amides is 1. The second kappa shape index (κ2) is 9.40. The summed E-state index contributed by atoms with van der Waals surface area (Å²) in [4.78, 5) is 24.0. The van der Waals surface area contributed by atoms with Crippen LogP contribution in [0.4, 0.5) is 4.79 Å². The number of hydrogen-bond acceptors (Lipinski definition) is 5. The van der Waals surface area contributed by atoms with Crippen LogP contribution in [0.5, 0.6) is 0 Å². The third kappa shape index (κ3) is 4.21. The molecule has 32 heavy (non-hydrogen) atoms. The maximum absolute atomic E-state index is 12.2. The lowest BCUT2D eigenvalue weighted by Gasteiger charge is -2.14. The van der Waals surface area contributed by atoms with Crippen molar-refractivity contribution in [3.63, 3.8) is 0 Å². The molecule has 1 N–H and O–H groups in total. The van der Waals surface area contributed by atoms with Gasteiger partial charge in [0.1, 0.15) is 6.61 Å². The highest BCUT2D eigenvalue weighted by Gasteiger charge is 2.28. The molecule has 1 aliphatic carbocycles. The molecule has 162 valence electrons. The van der Waals surface area contributed by atoms with Crippen LogP contribution >= 0.6 is 0 Å². The number of ether oxygens (including phenoxy) is 2. The molecule has 1 aliphatic rings. The standard InChI is InChI=1S/C25H23N3O4/c1-28-23(24(29)31-2)17(15-27-28)9-7-8-14-26-25(30)32-16-22-20-12-5-3-10-18(20)19-11-4-6-13-21(19)22/h3-6,10-13,15,22H,8,14,16H2,1-2H3,(H,26,30). The van der Waals surface area contributed by atoms with Crippen LogP contribution in [-0.2, 0) is 16.5 Å². The molecule has 0 atom stereocenters. The third-order valence-electron chi connectivity index (χ3n) is 5.40. The van der Waals surface area contributed by atoms with Crippen molar-refractivity contribution in [2.45, 2.75) is 12.3 Å². The lowest BCUT2D eigenvalue weighted by Crippen LogP contribution is -2.26. The van der Waals surface area contributed by atoms with Gasteiger partial charge in [-0.1, -0.05) is 60.4 Å². The van der Waals surface area contributed by atoms with Crippen LogP contribution in [-0.4, -0.2) is 42.1 Å². The van der Waals surface area contributed by atoms with Crippen molar-refractivity contribution in [2.24, 2.45) is 7.05 Å². The number of esters is 1. The van der Waals surface area contributed by atoms with Crippen molar-refractivity contribution in [3.05, 3.63) is 77.1 Å². The molecule has 0 aliphatic heterocycles. The van der Waals surface area contributed by atoms with E-state index in [1.807, 2.05) is 24.3 Å². The van der Waals surface area contributed by atoms with E-state index in [9.17, 15) is 9.59 Å². The van der Waals surface area contributed by atoms with E-state index in [0.717, 1.165) is 0 Å². The number of methoxy groups -OCH3 is 1. The van der Waals surface area contributed by atoms with Gasteiger partial charge in [0.05, 0.1) is 18.9 Å². The summed E-state index contributed by atoms with van der Waals surface area (Å²) in [6, 6.07) is 16.4. The van der Waals surface area contributed by atoms with Crippen LogP contribution in [0.3, 0.4) is 0 Å². The van der Waals surface area contributed by atoms with Crippen LogP contribution < -0.4 is 5.32 Å². The average molecular weight is 429 g/mol. The second-order valence-corrected chi connectivity index (χ2v) is 7.33. The Kier molecular flexibility index (Phi) is 6.22. The molecule has 0 fully saturated rings. The smallest absolute Gasteiger partial charge is 0.407 e. The molecule has 4 rings (SSSR count). The monoisotopic (exact) mass is 429 g/mol. The minimum atomic E-state index is -0.494. The fourth-order valence-electron chi connectivity index (χ4n) is 3.90. The van der Waals surface area contributed by atoms with E-state index in [2.05, 4.69) is 46.5 Å². The Hall–Kier alpha value is -4.05. The third-order valence-corrected chi connectivity index (χ3v) is 5.40. The summed E-state index contributed by atoms with van der Waals surface area (Å²) in [6.45, 7) is 0.598. The number of hydrogen-bond donors (Lipinski definition) is 1. The average Bonchev–Trinajstić information content (AvgIpc) is 3.34. The molecule has 0 spiro atoms. The Bertz CT molecular complexity index is 1170. The van der Waals surface area contributed by atoms with Gasteiger partial charge in [-0.05, 0) is 22.3 Å². The summed E-state index contributed by atoms with van der Waals surface area (Å²) in [6.07, 6.45) is 1.43. The molecule has 0 unspecified atom stereocenters. The van der Waals surface area contributed by atoms with Gasteiger partial charge in [0.25, 0.3) is 0 Å². The minimum absolute atomic E-state index is 0.0234. The van der Waals surface area contributed by atoms with Crippen LogP contribution in [0.1, 0.15) is 39.5 Å². The van der Waals surface area contributed by atoms with Gasteiger partial charge in [-0.2, -0.15) is 5.10 Å². The van der Waals surface area contributed by atoms with Crippen molar-refractivity contribution in [2.75, 3.05) is 20.3 Å². The van der Waals surface area contributed by atoms with E-state index in [1.165, 1.54) is 40.2 Å². The zero-order chi connectivity index (χ0) is 22.5. The maximum Gasteiger partial charge on any atom is 0.407 e. The van der Waals surface area contributed by atoms with E-state index < -0.39 is 12.1 Å². The van der Waals surface area contributed by atoms with Gasteiger partial charge in [0, 0.05) is 25.9 Å². The Balaban J connectivity index is 1.30. The fourth-order valence-corrected chi connectivity index (χ4v) is 3.90. The van der Waals surface area contributed by atoms with Gasteiger partial charge in [0.15, 0.2) is 5.69 Å². The molecular weight excluding hydrogens is 406 g/mol. The lowest BCUT2D eigenvalue weighted by atomic mass is 9.98. The fraction of sp³-hybridized carbons (Fsp3) is 0.240. The molecule has 0 saturated heterocycles. The van der Waals surface area contributed by atoms with E-state index in [4.69, 9.17) is 9.47 Å². The van der Waals surface area contributed by atoms with Crippen LogP contribution in [0.25, 0.3) is 11.1 Å². The van der Waals surface area contributed by atoms with Gasteiger partial charge in [-0.25, -0.2) is 9.59 Å². The first kappa shape index (κ1) is 21.2. The predicted molar refractivity (Wildman–Crippen MR) is 119 cm³/mol. The summed E-state index contributed by atoms with van der Waals surface area (Å²) >= 11 is 0. The SMILES string of the molecule is COC(=O)c1c(C#CCCNC(=O)OCC2c3ccccc3-c3ccccc32)cnn1C. The number of benzene rings is 2. The number of nitrogens with zero attached hydrogens (tertiary/aromatic N) is 2. The van der Waals surface area contributed by atoms with Crippen LogP contribution in [0.2, 0.25) is 0 Å². The first-order valence-corrected chi connectivity index (χ1v) is 10.3. The largest absolute Gasteiger partial charge is 0.464 e. The van der Waals surface area contributed by atoms with E-state index >= 15 is 0 Å². The number of aryl methyl sites for hydroxylation is 1. The number of nitrogens with one attached hydrogen (secondary N) is 1. The predicted octanol–water partition coefficient (Wildman–Crippen LogP) is 3.49. The topological polar surface area (TPSA) is 82.4 Å². The highest BCUT2D eigenvalue weighted by Crippen LogP contribution is 2.44. The summed E-state index contributed by atoms with van der Waals surface area (Å²) < 4.78 is 11.7.